The van der Waals surface area contributed by atoms with E-state index in [2.05, 4.69) is 21.8 Å². The number of rotatable bonds is 7. The maximum Gasteiger partial charge on any atom is 0.339 e. The lowest BCUT2D eigenvalue weighted by atomic mass is 10.1. The molecule has 2 heterocycles. The molecular formula is C26H26N4O5. The number of imidazole rings is 1. The van der Waals surface area contributed by atoms with Crippen molar-refractivity contribution in [3.8, 4) is 23.3 Å². The van der Waals surface area contributed by atoms with Crippen molar-refractivity contribution in [1.82, 2.24) is 19.1 Å². The number of carbonyl (C=O) groups excluding carboxylic acids is 1. The zero-order valence-electron chi connectivity index (χ0n) is 19.7. The first kappa shape index (κ1) is 22.7. The number of esters is 1. The van der Waals surface area contributed by atoms with E-state index in [1.54, 1.807) is 34.9 Å². The van der Waals surface area contributed by atoms with E-state index in [9.17, 15) is 14.4 Å². The molecule has 9 nitrogen and oxygen atoms in total. The molecule has 35 heavy (non-hydrogen) atoms. The Morgan fingerprint density at radius 3 is 2.49 bits per heavy atom. The van der Waals surface area contributed by atoms with Gasteiger partial charge in [0.25, 0.3) is 5.56 Å². The van der Waals surface area contributed by atoms with Gasteiger partial charge in [-0.15, -0.1) is 0 Å². The SMILES string of the molecule is CC/C(=C/CC#Cc1nc2c([nH]1)c(=O)n(C1CC1)c(=O)n2C1CC1)C(=O)Oc1ccccc1OC. The number of carbonyl (C=O) groups is 1. The molecule has 0 aliphatic heterocycles. The number of H-pyrrole nitrogens is 1. The second-order valence-corrected chi connectivity index (χ2v) is 8.70. The Labute approximate surface area is 201 Å². The molecule has 9 heteroatoms. The van der Waals surface area contributed by atoms with E-state index in [1.165, 1.54) is 11.7 Å². The van der Waals surface area contributed by atoms with E-state index in [4.69, 9.17) is 9.47 Å². The summed E-state index contributed by atoms with van der Waals surface area (Å²) in [6.07, 6.45) is 5.99. The first-order valence-corrected chi connectivity index (χ1v) is 11.8. The molecule has 0 amide bonds. The van der Waals surface area contributed by atoms with Crippen molar-refractivity contribution in [2.75, 3.05) is 7.11 Å². The van der Waals surface area contributed by atoms with Crippen molar-refractivity contribution in [2.24, 2.45) is 0 Å². The highest BCUT2D eigenvalue weighted by Crippen LogP contribution is 2.36. The van der Waals surface area contributed by atoms with E-state index >= 15 is 0 Å². The van der Waals surface area contributed by atoms with Crippen LogP contribution in [0.5, 0.6) is 11.5 Å². The predicted octanol–water partition coefficient (Wildman–Crippen LogP) is 3.25. The third-order valence-electron chi connectivity index (χ3n) is 6.15. The summed E-state index contributed by atoms with van der Waals surface area (Å²) in [6.45, 7) is 1.87. The molecule has 2 aliphatic rings. The lowest BCUT2D eigenvalue weighted by molar-refractivity contribution is -0.130. The smallest absolute Gasteiger partial charge is 0.339 e. The molecule has 0 bridgehead atoms. The highest BCUT2D eigenvalue weighted by molar-refractivity contribution is 5.90. The molecule has 2 fully saturated rings. The first-order valence-electron chi connectivity index (χ1n) is 11.8. The molecule has 3 aromatic rings. The van der Waals surface area contributed by atoms with Gasteiger partial charge in [0, 0.05) is 24.1 Å². The van der Waals surface area contributed by atoms with Crippen LogP contribution in [-0.4, -0.2) is 32.2 Å². The fourth-order valence-electron chi connectivity index (χ4n) is 4.03. The van der Waals surface area contributed by atoms with Gasteiger partial charge in [-0.05, 0) is 50.2 Å². The molecule has 0 spiro atoms. The molecule has 0 saturated heterocycles. The maximum absolute atomic E-state index is 13.0. The molecule has 1 aromatic carbocycles. The average Bonchev–Trinajstić information content (AvgIpc) is 3.79. The molecular weight excluding hydrogens is 448 g/mol. The van der Waals surface area contributed by atoms with Crippen LogP contribution < -0.4 is 20.7 Å². The average molecular weight is 475 g/mol. The Morgan fingerprint density at radius 1 is 1.14 bits per heavy atom. The minimum atomic E-state index is -0.461. The molecule has 2 saturated carbocycles. The topological polar surface area (TPSA) is 108 Å². The summed E-state index contributed by atoms with van der Waals surface area (Å²) in [5.74, 6) is 6.58. The van der Waals surface area contributed by atoms with Crippen molar-refractivity contribution in [3.05, 3.63) is 62.6 Å². The number of para-hydroxylation sites is 2. The number of aromatic nitrogens is 4. The Kier molecular flexibility index (Phi) is 6.03. The van der Waals surface area contributed by atoms with E-state index in [0.717, 1.165) is 25.7 Å². The van der Waals surface area contributed by atoms with Gasteiger partial charge >= 0.3 is 11.7 Å². The number of ether oxygens (including phenoxy) is 2. The molecule has 0 radical (unpaired) electrons. The van der Waals surface area contributed by atoms with Crippen molar-refractivity contribution < 1.29 is 14.3 Å². The third-order valence-corrected chi connectivity index (χ3v) is 6.15. The van der Waals surface area contributed by atoms with Gasteiger partial charge in [-0.25, -0.2) is 14.6 Å². The number of nitrogens with zero attached hydrogens (tertiary/aromatic N) is 3. The van der Waals surface area contributed by atoms with Gasteiger partial charge in [-0.1, -0.05) is 31.1 Å². The first-order chi connectivity index (χ1) is 17.0. The zero-order chi connectivity index (χ0) is 24.5. The summed E-state index contributed by atoms with van der Waals surface area (Å²) in [5.41, 5.74) is 0.566. The van der Waals surface area contributed by atoms with Crippen molar-refractivity contribution in [1.29, 1.82) is 0 Å². The summed E-state index contributed by atoms with van der Waals surface area (Å²) in [4.78, 5) is 45.9. The van der Waals surface area contributed by atoms with Gasteiger partial charge < -0.3 is 14.5 Å². The highest BCUT2D eigenvalue weighted by Gasteiger charge is 2.34. The van der Waals surface area contributed by atoms with E-state index in [1.807, 2.05) is 6.92 Å². The number of benzene rings is 1. The number of methoxy groups -OCH3 is 1. The molecule has 2 aliphatic carbocycles. The lowest BCUT2D eigenvalue weighted by Crippen LogP contribution is -2.39. The Hall–Kier alpha value is -4.06. The van der Waals surface area contributed by atoms with Crippen LogP contribution in [0.15, 0.2) is 45.5 Å². The minimum Gasteiger partial charge on any atom is -0.493 e. The second kappa shape index (κ2) is 9.29. The fraction of sp³-hybridized carbons (Fsp3) is 0.385. The summed E-state index contributed by atoms with van der Waals surface area (Å²) >= 11 is 0. The van der Waals surface area contributed by atoms with Crippen molar-refractivity contribution in [2.45, 2.75) is 57.5 Å². The highest BCUT2D eigenvalue weighted by atomic mass is 16.6. The molecule has 1 N–H and O–H groups in total. The van der Waals surface area contributed by atoms with Crippen LogP contribution in [0.3, 0.4) is 0 Å². The monoisotopic (exact) mass is 474 g/mol. The van der Waals surface area contributed by atoms with Crippen LogP contribution in [-0.2, 0) is 4.79 Å². The van der Waals surface area contributed by atoms with Gasteiger partial charge in [0.2, 0.25) is 0 Å². The third kappa shape index (κ3) is 4.52. The lowest BCUT2D eigenvalue weighted by Gasteiger charge is -2.09. The minimum absolute atomic E-state index is 0.0181. The van der Waals surface area contributed by atoms with Gasteiger partial charge in [-0.3, -0.25) is 13.9 Å². The Bertz CT molecular complexity index is 1510. The Balaban J connectivity index is 1.37. The van der Waals surface area contributed by atoms with E-state index in [0.29, 0.717) is 46.9 Å². The molecule has 0 unspecified atom stereocenters. The van der Waals surface area contributed by atoms with Crippen molar-refractivity contribution >= 4 is 17.1 Å². The number of hydrogen-bond donors (Lipinski definition) is 1. The number of hydrogen-bond acceptors (Lipinski definition) is 6. The summed E-state index contributed by atoms with van der Waals surface area (Å²) in [7, 11) is 1.52. The molecule has 180 valence electrons. The number of allylic oxidation sites excluding steroid dienone is 1. The van der Waals surface area contributed by atoms with Gasteiger partial charge in [0.1, 0.15) is 0 Å². The largest absolute Gasteiger partial charge is 0.493 e. The fourth-order valence-corrected chi connectivity index (χ4v) is 4.03. The molecule has 2 aromatic heterocycles. The number of nitrogens with one attached hydrogen (secondary N) is 1. The standard InChI is InChI=1S/C26H26N4O5/c1-3-16(25(32)35-20-10-6-5-9-19(20)34-2)8-4-7-11-21-27-22-23(28-21)29(17-12-13-17)26(33)30(24(22)31)18-14-15-18/h5-6,8-10,17-18H,3-4,12-15H2,1-2H3,(H,27,28)/b16-8-. The van der Waals surface area contributed by atoms with Crippen molar-refractivity contribution in [3.63, 3.8) is 0 Å². The molecule has 5 rings (SSSR count). The van der Waals surface area contributed by atoms with E-state index < -0.39 is 5.97 Å². The maximum atomic E-state index is 13.0. The van der Waals surface area contributed by atoms with Crippen LogP contribution in [0.25, 0.3) is 11.2 Å². The summed E-state index contributed by atoms with van der Waals surface area (Å²) in [5, 5.41) is 0. The number of aromatic amines is 1. The normalized spacial score (nSPS) is 15.5. The second-order valence-electron chi connectivity index (χ2n) is 8.70. The summed E-state index contributed by atoms with van der Waals surface area (Å²) in [6, 6.07) is 7.02. The van der Waals surface area contributed by atoms with Crippen LogP contribution in [0.1, 0.15) is 63.4 Å². The van der Waals surface area contributed by atoms with Crippen LogP contribution in [0, 0.1) is 11.8 Å². The molecule has 0 atom stereocenters. The van der Waals surface area contributed by atoms with Gasteiger partial charge in [-0.2, -0.15) is 0 Å². The zero-order valence-corrected chi connectivity index (χ0v) is 19.7. The van der Waals surface area contributed by atoms with Crippen LogP contribution in [0.4, 0.5) is 0 Å². The van der Waals surface area contributed by atoms with Crippen LogP contribution >= 0.6 is 0 Å². The van der Waals surface area contributed by atoms with Gasteiger partial charge in [0.15, 0.2) is 28.5 Å². The van der Waals surface area contributed by atoms with Crippen LogP contribution in [0.2, 0.25) is 0 Å². The number of fused-ring (bicyclic) bond motifs is 1. The predicted molar refractivity (Wildman–Crippen MR) is 130 cm³/mol. The summed E-state index contributed by atoms with van der Waals surface area (Å²) < 4.78 is 13.7. The van der Waals surface area contributed by atoms with E-state index in [-0.39, 0.29) is 23.3 Å². The van der Waals surface area contributed by atoms with Gasteiger partial charge in [0.05, 0.1) is 7.11 Å². The Morgan fingerprint density at radius 2 is 1.83 bits per heavy atom. The quantitative estimate of drug-likeness (QED) is 0.244.